The van der Waals surface area contributed by atoms with Crippen LogP contribution < -0.4 is 19.8 Å². The predicted octanol–water partition coefficient (Wildman–Crippen LogP) is 1.17. The molecular weight excluding hydrogens is 376 g/mol. The van der Waals surface area contributed by atoms with Crippen LogP contribution in [0.15, 0.2) is 53.4 Å². The van der Waals surface area contributed by atoms with Crippen LogP contribution in [-0.2, 0) is 14.8 Å². The Morgan fingerprint density at radius 1 is 1.00 bits per heavy atom. The summed E-state index contributed by atoms with van der Waals surface area (Å²) in [4.78, 5) is 15.2. The van der Waals surface area contributed by atoms with Gasteiger partial charge in [0.05, 0.1) is 37.6 Å². The summed E-state index contributed by atoms with van der Waals surface area (Å²) >= 11 is 0. The van der Waals surface area contributed by atoms with E-state index in [1.54, 1.807) is 29.2 Å². The van der Waals surface area contributed by atoms with E-state index in [-0.39, 0.29) is 10.8 Å². The number of piperazine rings is 1. The highest BCUT2D eigenvalue weighted by molar-refractivity contribution is 7.92. The Morgan fingerprint density at radius 3 is 2.11 bits per heavy atom. The molecule has 1 amide bonds. The normalized spacial score (nSPS) is 15.3. The maximum atomic E-state index is 12.6. The molecule has 0 atom stereocenters. The van der Waals surface area contributed by atoms with Crippen LogP contribution in [0.5, 0.6) is 0 Å². The van der Waals surface area contributed by atoms with Crippen LogP contribution in [0.3, 0.4) is 0 Å². The Labute approximate surface area is 166 Å². The number of nitrogens with zero attached hydrogens (tertiary/aromatic N) is 1. The number of rotatable bonds is 6. The predicted molar refractivity (Wildman–Crippen MR) is 111 cm³/mol. The van der Waals surface area contributed by atoms with Crippen LogP contribution in [0, 0.1) is 0 Å². The molecule has 2 aromatic rings. The van der Waals surface area contributed by atoms with Gasteiger partial charge in [-0.3, -0.25) is 9.52 Å². The van der Waals surface area contributed by atoms with Gasteiger partial charge >= 0.3 is 0 Å². The smallest absolute Gasteiger partial charge is 0.261 e. The zero-order valence-electron chi connectivity index (χ0n) is 16.2. The third-order valence-corrected chi connectivity index (χ3v) is 6.34. The molecule has 1 heterocycles. The van der Waals surface area contributed by atoms with E-state index in [0.717, 1.165) is 38.4 Å². The highest BCUT2D eigenvalue weighted by Crippen LogP contribution is 2.21. The number of sulfonamides is 1. The van der Waals surface area contributed by atoms with Crippen molar-refractivity contribution in [3.05, 3.63) is 48.5 Å². The lowest BCUT2D eigenvalue weighted by molar-refractivity contribution is -0.898. The highest BCUT2D eigenvalue weighted by Gasteiger charge is 2.19. The number of carbonyl (C=O) groups excluding carboxylic acids is 1. The SMILES string of the molecule is CC[NH+]1CCN(c2ccc(NS(=O)(=O)c3ccc(NC(C)=O)cc3)cc2)CC1. The lowest BCUT2D eigenvalue weighted by atomic mass is 10.2. The third-order valence-electron chi connectivity index (χ3n) is 4.94. The molecule has 1 fully saturated rings. The van der Waals surface area contributed by atoms with E-state index in [2.05, 4.69) is 21.9 Å². The van der Waals surface area contributed by atoms with Crippen LogP contribution in [0.1, 0.15) is 13.8 Å². The zero-order valence-corrected chi connectivity index (χ0v) is 17.1. The second-order valence-corrected chi connectivity index (χ2v) is 8.63. The van der Waals surface area contributed by atoms with Crippen LogP contribution in [0.2, 0.25) is 0 Å². The first-order valence-electron chi connectivity index (χ1n) is 9.46. The molecule has 0 spiro atoms. The van der Waals surface area contributed by atoms with Crippen molar-refractivity contribution in [3.8, 4) is 0 Å². The van der Waals surface area contributed by atoms with Gasteiger partial charge in [0.2, 0.25) is 5.91 Å². The van der Waals surface area contributed by atoms with Gasteiger partial charge in [-0.1, -0.05) is 0 Å². The van der Waals surface area contributed by atoms with Crippen molar-refractivity contribution in [1.29, 1.82) is 0 Å². The van der Waals surface area contributed by atoms with E-state index in [0.29, 0.717) is 11.4 Å². The fourth-order valence-electron chi connectivity index (χ4n) is 3.31. The summed E-state index contributed by atoms with van der Waals surface area (Å²) in [5.74, 6) is -0.202. The van der Waals surface area contributed by atoms with Crippen molar-refractivity contribution >= 4 is 33.0 Å². The topological polar surface area (TPSA) is 82.9 Å². The molecule has 1 aliphatic rings. The lowest BCUT2D eigenvalue weighted by Gasteiger charge is -2.33. The van der Waals surface area contributed by atoms with Gasteiger partial charge < -0.3 is 15.1 Å². The number of amides is 1. The van der Waals surface area contributed by atoms with Crippen LogP contribution in [0.4, 0.5) is 17.1 Å². The van der Waals surface area contributed by atoms with E-state index in [1.807, 2.05) is 12.1 Å². The van der Waals surface area contributed by atoms with E-state index in [4.69, 9.17) is 0 Å². The largest absolute Gasteiger partial charge is 0.360 e. The number of benzene rings is 2. The molecule has 0 bridgehead atoms. The summed E-state index contributed by atoms with van der Waals surface area (Å²) in [5, 5.41) is 2.62. The number of nitrogens with one attached hydrogen (secondary N) is 3. The summed E-state index contributed by atoms with van der Waals surface area (Å²) < 4.78 is 27.8. The van der Waals surface area contributed by atoms with Gasteiger partial charge in [-0.15, -0.1) is 0 Å². The average molecular weight is 404 g/mol. The highest BCUT2D eigenvalue weighted by atomic mass is 32.2. The van der Waals surface area contributed by atoms with Gasteiger partial charge in [-0.25, -0.2) is 8.42 Å². The molecule has 0 aromatic heterocycles. The fourth-order valence-corrected chi connectivity index (χ4v) is 4.37. The number of hydrogen-bond acceptors (Lipinski definition) is 4. The molecule has 7 nitrogen and oxygen atoms in total. The maximum Gasteiger partial charge on any atom is 0.261 e. The van der Waals surface area contributed by atoms with Crippen LogP contribution in [-0.4, -0.2) is 47.0 Å². The van der Waals surface area contributed by atoms with Gasteiger partial charge in [0.25, 0.3) is 10.0 Å². The van der Waals surface area contributed by atoms with Crippen molar-refractivity contribution in [1.82, 2.24) is 0 Å². The molecule has 0 radical (unpaired) electrons. The number of hydrogen-bond donors (Lipinski definition) is 3. The third kappa shape index (κ3) is 5.02. The minimum absolute atomic E-state index is 0.143. The molecule has 0 aliphatic carbocycles. The number of anilines is 3. The molecule has 0 unspecified atom stereocenters. The van der Waals surface area contributed by atoms with Crippen molar-refractivity contribution in [3.63, 3.8) is 0 Å². The zero-order chi connectivity index (χ0) is 20.1. The first-order chi connectivity index (χ1) is 13.4. The van der Waals surface area contributed by atoms with Crippen molar-refractivity contribution in [2.75, 3.05) is 47.7 Å². The summed E-state index contributed by atoms with van der Waals surface area (Å²) in [7, 11) is -3.69. The Hall–Kier alpha value is -2.58. The average Bonchev–Trinajstić information content (AvgIpc) is 2.68. The summed E-state index contributed by atoms with van der Waals surface area (Å²) in [5.41, 5.74) is 2.19. The molecule has 3 N–H and O–H groups in total. The molecule has 2 aromatic carbocycles. The van der Waals surface area contributed by atoms with Gasteiger partial charge in [0.15, 0.2) is 0 Å². The van der Waals surface area contributed by atoms with Crippen molar-refractivity contribution in [2.24, 2.45) is 0 Å². The van der Waals surface area contributed by atoms with Gasteiger partial charge in [-0.05, 0) is 55.5 Å². The Bertz CT molecular complexity index is 903. The number of likely N-dealkylation sites (N-methyl/N-ethyl adjacent to an activating group) is 1. The Morgan fingerprint density at radius 2 is 1.57 bits per heavy atom. The standard InChI is InChI=1S/C20H26N4O3S/c1-3-23-12-14-24(15-13-23)19-8-4-18(5-9-19)22-28(26,27)20-10-6-17(7-11-20)21-16(2)25/h4-11,22H,3,12-15H2,1-2H3,(H,21,25)/p+1. The monoisotopic (exact) mass is 403 g/mol. The first-order valence-corrected chi connectivity index (χ1v) is 10.9. The van der Waals surface area contributed by atoms with Gasteiger partial charge in [0.1, 0.15) is 0 Å². The van der Waals surface area contributed by atoms with E-state index < -0.39 is 10.0 Å². The molecule has 28 heavy (non-hydrogen) atoms. The number of quaternary nitrogens is 1. The summed E-state index contributed by atoms with van der Waals surface area (Å²) in [6.07, 6.45) is 0. The van der Waals surface area contributed by atoms with Crippen molar-refractivity contribution < 1.29 is 18.1 Å². The molecule has 3 rings (SSSR count). The van der Waals surface area contributed by atoms with Gasteiger partial charge in [-0.2, -0.15) is 0 Å². The molecular formula is C20H27N4O3S+. The quantitative estimate of drug-likeness (QED) is 0.676. The van der Waals surface area contributed by atoms with Crippen LogP contribution in [0.25, 0.3) is 0 Å². The second-order valence-electron chi connectivity index (χ2n) is 6.95. The second kappa shape index (κ2) is 8.62. The van der Waals surface area contributed by atoms with E-state index in [1.165, 1.54) is 19.1 Å². The first kappa shape index (κ1) is 20.2. The number of carbonyl (C=O) groups is 1. The minimum atomic E-state index is -3.69. The van der Waals surface area contributed by atoms with E-state index >= 15 is 0 Å². The summed E-state index contributed by atoms with van der Waals surface area (Å²) in [6, 6.07) is 13.6. The van der Waals surface area contributed by atoms with Crippen molar-refractivity contribution in [2.45, 2.75) is 18.7 Å². The lowest BCUT2D eigenvalue weighted by Crippen LogP contribution is -3.14. The molecule has 0 saturated carbocycles. The van der Waals surface area contributed by atoms with E-state index in [9.17, 15) is 13.2 Å². The molecule has 150 valence electrons. The maximum absolute atomic E-state index is 12.6. The Kier molecular flexibility index (Phi) is 6.21. The van der Waals surface area contributed by atoms with Crippen LogP contribution >= 0.6 is 0 Å². The molecule has 8 heteroatoms. The minimum Gasteiger partial charge on any atom is -0.360 e. The summed E-state index contributed by atoms with van der Waals surface area (Å²) in [6.45, 7) is 9.03. The van der Waals surface area contributed by atoms with Gasteiger partial charge in [0, 0.05) is 24.0 Å². The molecule has 1 aliphatic heterocycles. The molecule has 1 saturated heterocycles. The fraction of sp³-hybridized carbons (Fsp3) is 0.350. The Balaban J connectivity index is 1.65.